The van der Waals surface area contributed by atoms with Crippen LogP contribution in [0.5, 0.6) is 0 Å². The Morgan fingerprint density at radius 1 is 1.22 bits per heavy atom. The summed E-state index contributed by atoms with van der Waals surface area (Å²) in [5.41, 5.74) is 15.6. The summed E-state index contributed by atoms with van der Waals surface area (Å²) in [6, 6.07) is 4.96. The number of hydrogen-bond donors (Lipinski definition) is 3. The van der Waals surface area contributed by atoms with Gasteiger partial charge in [0.15, 0.2) is 11.4 Å². The van der Waals surface area contributed by atoms with E-state index in [0.717, 1.165) is 5.56 Å². The second kappa shape index (κ2) is 6.96. The third kappa shape index (κ3) is 2.93. The first-order valence-corrected chi connectivity index (χ1v) is 7.61. The minimum Gasteiger partial charge on any atom is -0.465 e. The summed E-state index contributed by atoms with van der Waals surface area (Å²) in [5, 5.41) is 11.1. The highest BCUT2D eigenvalue weighted by Crippen LogP contribution is 2.37. The fourth-order valence-corrected chi connectivity index (χ4v) is 2.78. The lowest BCUT2D eigenvalue weighted by molar-refractivity contribution is 0.0602. The first kappa shape index (κ1) is 18.2. The zero-order chi connectivity index (χ0) is 18.3. The third-order valence-corrected chi connectivity index (χ3v) is 4.06. The van der Waals surface area contributed by atoms with Crippen LogP contribution >= 0.6 is 12.4 Å². The van der Waals surface area contributed by atoms with Gasteiger partial charge in [-0.3, -0.25) is 10.1 Å². The largest absolute Gasteiger partial charge is 0.465 e. The van der Waals surface area contributed by atoms with Crippen molar-refractivity contribution in [1.82, 2.24) is 20.3 Å². The number of carbonyl (C=O) groups is 1. The number of fused-ring (bicyclic) bond motifs is 1. The molecule has 3 aromatic heterocycles. The number of ether oxygens (including phenoxy) is 1. The highest BCUT2D eigenvalue weighted by Gasteiger charge is 2.20. The van der Waals surface area contributed by atoms with Gasteiger partial charge in [-0.1, -0.05) is 11.2 Å². The Hall–Kier alpha value is -3.59. The van der Waals surface area contributed by atoms with Crippen LogP contribution in [0.2, 0.25) is 0 Å². The van der Waals surface area contributed by atoms with Crippen molar-refractivity contribution in [3.05, 3.63) is 42.4 Å². The number of H-pyrrole nitrogens is 1. The first-order valence-electron chi connectivity index (χ1n) is 7.61. The minimum absolute atomic E-state index is 0. The number of nitrogens with two attached hydrogens (primary N) is 2. The van der Waals surface area contributed by atoms with Gasteiger partial charge < -0.3 is 20.7 Å². The van der Waals surface area contributed by atoms with Gasteiger partial charge in [-0.05, 0) is 12.1 Å². The number of methoxy groups -OCH3 is 1. The molecule has 27 heavy (non-hydrogen) atoms. The van der Waals surface area contributed by atoms with E-state index in [2.05, 4.69) is 20.3 Å². The van der Waals surface area contributed by atoms with Gasteiger partial charge in [0.25, 0.3) is 0 Å². The molecular formula is C17H15ClN6O3. The van der Waals surface area contributed by atoms with Crippen LogP contribution in [0.25, 0.3) is 33.4 Å². The Kier molecular flexibility index (Phi) is 4.70. The summed E-state index contributed by atoms with van der Waals surface area (Å²) in [4.78, 5) is 16.4. The number of anilines is 2. The van der Waals surface area contributed by atoms with E-state index >= 15 is 0 Å². The van der Waals surface area contributed by atoms with Gasteiger partial charge in [-0.15, -0.1) is 12.4 Å². The number of carbonyl (C=O) groups excluding carboxylic acids is 1. The van der Waals surface area contributed by atoms with Crippen molar-refractivity contribution < 1.29 is 14.1 Å². The number of esters is 1. The standard InChI is InChI=1S/C17H14N6O3.ClH/c1-25-17(24)10-4-8(2-3-12(10)18)14-13-15(26-23-16(13)19)11(7-20-14)9-5-21-22-6-9;/h2-7H,18H2,1H3,(H2,19,23)(H,21,22);1H. The number of halogens is 1. The summed E-state index contributed by atoms with van der Waals surface area (Å²) in [6.07, 6.45) is 5.00. The van der Waals surface area contributed by atoms with Gasteiger partial charge in [-0.2, -0.15) is 5.10 Å². The van der Waals surface area contributed by atoms with E-state index < -0.39 is 5.97 Å². The zero-order valence-corrected chi connectivity index (χ0v) is 14.9. The van der Waals surface area contributed by atoms with Gasteiger partial charge in [-0.25, -0.2) is 4.79 Å². The molecule has 0 radical (unpaired) electrons. The second-order valence-corrected chi connectivity index (χ2v) is 5.57. The average Bonchev–Trinajstić information content (AvgIpc) is 3.32. The Bertz CT molecular complexity index is 1120. The number of hydrogen-bond acceptors (Lipinski definition) is 8. The molecule has 4 aromatic rings. The fourth-order valence-electron chi connectivity index (χ4n) is 2.78. The van der Waals surface area contributed by atoms with Crippen LogP contribution in [0.4, 0.5) is 11.5 Å². The fraction of sp³-hybridized carbons (Fsp3) is 0.0588. The predicted molar refractivity (Wildman–Crippen MR) is 102 cm³/mol. The Morgan fingerprint density at radius 2 is 2.04 bits per heavy atom. The molecular weight excluding hydrogens is 372 g/mol. The Morgan fingerprint density at radius 3 is 2.74 bits per heavy atom. The van der Waals surface area contributed by atoms with Crippen molar-refractivity contribution in [2.24, 2.45) is 0 Å². The Balaban J connectivity index is 0.00000210. The molecule has 0 fully saturated rings. The molecule has 138 valence electrons. The molecule has 9 nitrogen and oxygen atoms in total. The van der Waals surface area contributed by atoms with E-state index in [1.54, 1.807) is 36.8 Å². The van der Waals surface area contributed by atoms with Crippen LogP contribution < -0.4 is 11.5 Å². The van der Waals surface area contributed by atoms with Crippen molar-refractivity contribution in [2.45, 2.75) is 0 Å². The second-order valence-electron chi connectivity index (χ2n) is 5.57. The predicted octanol–water partition coefficient (Wildman–Crippen LogP) is 2.65. The molecule has 1 aromatic carbocycles. The van der Waals surface area contributed by atoms with Crippen molar-refractivity contribution in [3.8, 4) is 22.4 Å². The molecule has 3 heterocycles. The highest BCUT2D eigenvalue weighted by molar-refractivity contribution is 6.06. The lowest BCUT2D eigenvalue weighted by atomic mass is 10.0. The molecule has 0 aliphatic rings. The molecule has 0 aliphatic heterocycles. The number of pyridine rings is 1. The normalized spacial score (nSPS) is 10.6. The van der Waals surface area contributed by atoms with E-state index in [1.165, 1.54) is 7.11 Å². The molecule has 4 rings (SSSR count). The molecule has 0 aliphatic carbocycles. The smallest absolute Gasteiger partial charge is 0.339 e. The van der Waals surface area contributed by atoms with Crippen LogP contribution in [0.1, 0.15) is 10.4 Å². The summed E-state index contributed by atoms with van der Waals surface area (Å²) in [7, 11) is 1.29. The summed E-state index contributed by atoms with van der Waals surface area (Å²) >= 11 is 0. The number of nitrogens with one attached hydrogen (secondary N) is 1. The van der Waals surface area contributed by atoms with Gasteiger partial charge in [0.1, 0.15) is 0 Å². The quantitative estimate of drug-likeness (QED) is 0.359. The molecule has 0 spiro atoms. The zero-order valence-electron chi connectivity index (χ0n) is 14.1. The topological polar surface area (TPSA) is 146 Å². The molecule has 0 unspecified atom stereocenters. The van der Waals surface area contributed by atoms with Gasteiger partial charge in [0, 0.05) is 34.8 Å². The van der Waals surface area contributed by atoms with Crippen molar-refractivity contribution in [3.63, 3.8) is 0 Å². The monoisotopic (exact) mass is 386 g/mol. The maximum Gasteiger partial charge on any atom is 0.339 e. The molecule has 5 N–H and O–H groups in total. The maximum absolute atomic E-state index is 11.9. The number of aromatic nitrogens is 4. The van der Waals surface area contributed by atoms with Gasteiger partial charge >= 0.3 is 5.97 Å². The molecule has 0 atom stereocenters. The van der Waals surface area contributed by atoms with E-state index in [1.807, 2.05) is 0 Å². The summed E-state index contributed by atoms with van der Waals surface area (Å²) in [5.74, 6) is -0.335. The van der Waals surface area contributed by atoms with Crippen molar-refractivity contribution >= 4 is 40.9 Å². The molecule has 0 amide bonds. The van der Waals surface area contributed by atoms with Crippen LogP contribution in [0.15, 0.2) is 41.3 Å². The van der Waals surface area contributed by atoms with Gasteiger partial charge in [0.2, 0.25) is 0 Å². The lowest BCUT2D eigenvalue weighted by Crippen LogP contribution is -2.06. The average molecular weight is 387 g/mol. The maximum atomic E-state index is 11.9. The van der Waals surface area contributed by atoms with Crippen LogP contribution in [-0.2, 0) is 4.74 Å². The van der Waals surface area contributed by atoms with Crippen LogP contribution in [0, 0.1) is 0 Å². The van der Waals surface area contributed by atoms with E-state index in [-0.39, 0.29) is 23.8 Å². The van der Waals surface area contributed by atoms with Crippen LogP contribution in [0.3, 0.4) is 0 Å². The van der Waals surface area contributed by atoms with E-state index in [4.69, 9.17) is 20.7 Å². The SMILES string of the molecule is COC(=O)c1cc(-c2ncc(-c3cn[nH]c3)c3onc(N)c23)ccc1N.Cl. The van der Waals surface area contributed by atoms with E-state index in [9.17, 15) is 4.79 Å². The molecule has 10 heteroatoms. The Labute approximate surface area is 159 Å². The number of benzene rings is 1. The van der Waals surface area contributed by atoms with Crippen molar-refractivity contribution in [2.75, 3.05) is 18.6 Å². The minimum atomic E-state index is -0.533. The number of nitrogens with zero attached hydrogens (tertiary/aromatic N) is 3. The van der Waals surface area contributed by atoms with Crippen molar-refractivity contribution in [1.29, 1.82) is 0 Å². The number of aromatic amines is 1. The van der Waals surface area contributed by atoms with E-state index in [0.29, 0.717) is 33.5 Å². The lowest BCUT2D eigenvalue weighted by Gasteiger charge is -2.09. The molecule has 0 bridgehead atoms. The first-order chi connectivity index (χ1) is 12.6. The summed E-state index contributed by atoms with van der Waals surface area (Å²) in [6.45, 7) is 0. The number of nitrogen functional groups attached to an aromatic ring is 2. The van der Waals surface area contributed by atoms with Gasteiger partial charge in [0.05, 0.1) is 30.0 Å². The van der Waals surface area contributed by atoms with Crippen LogP contribution in [-0.4, -0.2) is 33.4 Å². The summed E-state index contributed by atoms with van der Waals surface area (Å²) < 4.78 is 10.2. The third-order valence-electron chi connectivity index (χ3n) is 4.06. The molecule has 0 saturated carbocycles. The molecule has 0 saturated heterocycles. The number of rotatable bonds is 3. The highest BCUT2D eigenvalue weighted by atomic mass is 35.5.